The quantitative estimate of drug-likeness (QED) is 0.789. The number of fused-ring (bicyclic) bond motifs is 1. The molecule has 0 radical (unpaired) electrons. The van der Waals surface area contributed by atoms with Gasteiger partial charge in [-0.2, -0.15) is 0 Å². The van der Waals surface area contributed by atoms with E-state index in [0.717, 1.165) is 16.5 Å². The predicted molar refractivity (Wildman–Crippen MR) is 86.9 cm³/mol. The van der Waals surface area contributed by atoms with Crippen molar-refractivity contribution in [1.29, 1.82) is 0 Å². The number of nitrogen functional groups attached to an aromatic ring is 1. The molecule has 0 unspecified atom stereocenters. The van der Waals surface area contributed by atoms with Gasteiger partial charge in [0.15, 0.2) is 0 Å². The Kier molecular flexibility index (Phi) is 5.03. The Morgan fingerprint density at radius 2 is 2.10 bits per heavy atom. The second-order valence-electron chi connectivity index (χ2n) is 4.52. The van der Waals surface area contributed by atoms with Gasteiger partial charge in [0.1, 0.15) is 4.88 Å². The summed E-state index contributed by atoms with van der Waals surface area (Å²) in [6, 6.07) is 5.28. The first-order valence-corrected chi connectivity index (χ1v) is 7.74. The number of rotatable bonds is 5. The van der Waals surface area contributed by atoms with Gasteiger partial charge in [-0.1, -0.05) is 18.5 Å². The van der Waals surface area contributed by atoms with Crippen molar-refractivity contribution in [3.05, 3.63) is 28.1 Å². The van der Waals surface area contributed by atoms with Crippen molar-refractivity contribution in [3.63, 3.8) is 0 Å². The summed E-state index contributed by atoms with van der Waals surface area (Å²) in [5.41, 5.74) is 6.40. The molecule has 1 aromatic heterocycles. The molecule has 2 amide bonds. The molecule has 0 aliphatic heterocycles. The largest absolute Gasteiger partial charge is 0.397 e. The Hall–Kier alpha value is -1.79. The van der Waals surface area contributed by atoms with E-state index in [-0.39, 0.29) is 18.4 Å². The van der Waals surface area contributed by atoms with Gasteiger partial charge in [-0.05, 0) is 24.6 Å². The van der Waals surface area contributed by atoms with Crippen molar-refractivity contribution in [3.8, 4) is 0 Å². The number of hydrogen-bond donors (Lipinski definition) is 3. The fourth-order valence-electron chi connectivity index (χ4n) is 1.83. The first kappa shape index (κ1) is 15.6. The zero-order valence-electron chi connectivity index (χ0n) is 11.5. The average molecular weight is 326 g/mol. The molecule has 0 atom stereocenters. The fourth-order valence-corrected chi connectivity index (χ4v) is 3.14. The summed E-state index contributed by atoms with van der Waals surface area (Å²) >= 11 is 7.19. The molecule has 1 heterocycles. The van der Waals surface area contributed by atoms with Crippen molar-refractivity contribution in [2.24, 2.45) is 0 Å². The molecule has 0 fully saturated rings. The van der Waals surface area contributed by atoms with Crippen molar-refractivity contribution in [2.45, 2.75) is 13.3 Å². The minimum Gasteiger partial charge on any atom is -0.397 e. The summed E-state index contributed by atoms with van der Waals surface area (Å²) in [5, 5.41) is 6.65. The van der Waals surface area contributed by atoms with Gasteiger partial charge >= 0.3 is 0 Å². The third kappa shape index (κ3) is 3.65. The number of halogens is 1. The third-order valence-corrected chi connectivity index (χ3v) is 4.28. The average Bonchev–Trinajstić information content (AvgIpc) is 2.79. The van der Waals surface area contributed by atoms with Crippen molar-refractivity contribution in [1.82, 2.24) is 10.6 Å². The van der Waals surface area contributed by atoms with Crippen LogP contribution in [0.15, 0.2) is 18.2 Å². The zero-order chi connectivity index (χ0) is 15.4. The van der Waals surface area contributed by atoms with E-state index in [1.165, 1.54) is 11.3 Å². The Morgan fingerprint density at radius 1 is 1.33 bits per heavy atom. The minimum absolute atomic E-state index is 0.0622. The van der Waals surface area contributed by atoms with Gasteiger partial charge < -0.3 is 16.4 Å². The number of benzene rings is 1. The van der Waals surface area contributed by atoms with E-state index in [2.05, 4.69) is 10.6 Å². The van der Waals surface area contributed by atoms with Crippen LogP contribution < -0.4 is 16.4 Å². The Morgan fingerprint density at radius 3 is 2.81 bits per heavy atom. The smallest absolute Gasteiger partial charge is 0.263 e. The molecule has 2 aromatic rings. The molecule has 0 saturated carbocycles. The van der Waals surface area contributed by atoms with Crippen LogP contribution in [0, 0.1) is 0 Å². The molecule has 0 aliphatic rings. The van der Waals surface area contributed by atoms with Gasteiger partial charge in [-0.15, -0.1) is 11.3 Å². The van der Waals surface area contributed by atoms with Crippen LogP contribution in [-0.2, 0) is 4.79 Å². The standard InChI is InChI=1S/C14H16ClN3O2S/c1-2-5-17-11(19)7-18-14(20)13-12(16)9-4-3-8(15)6-10(9)21-13/h3-4,6H,2,5,7,16H2,1H3,(H,17,19)(H,18,20). The van der Waals surface area contributed by atoms with E-state index >= 15 is 0 Å². The molecule has 0 aliphatic carbocycles. The number of carbonyl (C=O) groups is 2. The van der Waals surface area contributed by atoms with Crippen LogP contribution in [0.1, 0.15) is 23.0 Å². The lowest BCUT2D eigenvalue weighted by atomic mass is 10.2. The molecule has 0 spiro atoms. The summed E-state index contributed by atoms with van der Waals surface area (Å²) in [6.45, 7) is 2.49. The molecule has 4 N–H and O–H groups in total. The maximum absolute atomic E-state index is 12.1. The molecule has 0 saturated heterocycles. The summed E-state index contributed by atoms with van der Waals surface area (Å²) in [7, 11) is 0. The topological polar surface area (TPSA) is 84.2 Å². The van der Waals surface area contributed by atoms with Gasteiger partial charge in [0.25, 0.3) is 5.91 Å². The fraction of sp³-hybridized carbons (Fsp3) is 0.286. The second kappa shape index (κ2) is 6.78. The van der Waals surface area contributed by atoms with Crippen LogP contribution in [0.5, 0.6) is 0 Å². The molecule has 2 rings (SSSR count). The van der Waals surface area contributed by atoms with E-state index in [9.17, 15) is 9.59 Å². The van der Waals surface area contributed by atoms with Crippen LogP contribution >= 0.6 is 22.9 Å². The first-order valence-electron chi connectivity index (χ1n) is 6.55. The van der Waals surface area contributed by atoms with Gasteiger partial charge in [0, 0.05) is 21.7 Å². The van der Waals surface area contributed by atoms with E-state index in [4.69, 9.17) is 17.3 Å². The predicted octanol–water partition coefficient (Wildman–Crippen LogP) is 2.39. The maximum atomic E-state index is 12.1. The van der Waals surface area contributed by atoms with Gasteiger partial charge in [0.2, 0.25) is 5.91 Å². The monoisotopic (exact) mass is 325 g/mol. The second-order valence-corrected chi connectivity index (χ2v) is 6.01. The highest BCUT2D eigenvalue weighted by molar-refractivity contribution is 7.21. The molecule has 7 heteroatoms. The summed E-state index contributed by atoms with van der Waals surface area (Å²) in [4.78, 5) is 24.0. The number of anilines is 1. The zero-order valence-corrected chi connectivity index (χ0v) is 13.1. The Bertz CT molecular complexity index is 684. The molecule has 5 nitrogen and oxygen atoms in total. The number of carbonyl (C=O) groups excluding carboxylic acids is 2. The lowest BCUT2D eigenvalue weighted by molar-refractivity contribution is -0.120. The Balaban J connectivity index is 2.09. The lowest BCUT2D eigenvalue weighted by Gasteiger charge is -2.05. The third-order valence-electron chi connectivity index (χ3n) is 2.88. The normalized spacial score (nSPS) is 10.6. The summed E-state index contributed by atoms with van der Waals surface area (Å²) < 4.78 is 0.848. The van der Waals surface area contributed by atoms with Crippen LogP contribution in [0.4, 0.5) is 5.69 Å². The van der Waals surface area contributed by atoms with Gasteiger partial charge in [-0.25, -0.2) is 0 Å². The molecule has 112 valence electrons. The molecule has 21 heavy (non-hydrogen) atoms. The van der Waals surface area contributed by atoms with Crippen LogP contribution in [0.25, 0.3) is 10.1 Å². The molecule has 1 aromatic carbocycles. The Labute approximate surface area is 131 Å². The van der Waals surface area contributed by atoms with Crippen LogP contribution in [-0.4, -0.2) is 24.9 Å². The van der Waals surface area contributed by atoms with Gasteiger partial charge in [0.05, 0.1) is 12.2 Å². The van der Waals surface area contributed by atoms with E-state index in [1.807, 2.05) is 6.92 Å². The lowest BCUT2D eigenvalue weighted by Crippen LogP contribution is -2.37. The number of amides is 2. The van der Waals surface area contributed by atoms with Crippen molar-refractivity contribution < 1.29 is 9.59 Å². The SMILES string of the molecule is CCCNC(=O)CNC(=O)c1sc2cc(Cl)ccc2c1N. The molecule has 0 bridgehead atoms. The highest BCUT2D eigenvalue weighted by Gasteiger charge is 2.17. The van der Waals surface area contributed by atoms with E-state index < -0.39 is 0 Å². The van der Waals surface area contributed by atoms with Crippen LogP contribution in [0.2, 0.25) is 5.02 Å². The highest BCUT2D eigenvalue weighted by Crippen LogP contribution is 2.35. The van der Waals surface area contributed by atoms with Crippen molar-refractivity contribution in [2.75, 3.05) is 18.8 Å². The maximum Gasteiger partial charge on any atom is 0.263 e. The van der Waals surface area contributed by atoms with Gasteiger partial charge in [-0.3, -0.25) is 9.59 Å². The number of nitrogens with two attached hydrogens (primary N) is 1. The van der Waals surface area contributed by atoms with Crippen molar-refractivity contribution >= 4 is 50.5 Å². The summed E-state index contributed by atoms with van der Waals surface area (Å²) in [5.74, 6) is -0.565. The summed E-state index contributed by atoms with van der Waals surface area (Å²) in [6.07, 6.45) is 0.851. The minimum atomic E-state index is -0.350. The van der Waals surface area contributed by atoms with E-state index in [1.54, 1.807) is 18.2 Å². The molecular formula is C14H16ClN3O2S. The molecular weight excluding hydrogens is 310 g/mol. The number of thiophene rings is 1. The number of nitrogens with one attached hydrogen (secondary N) is 2. The highest BCUT2D eigenvalue weighted by atomic mass is 35.5. The van der Waals surface area contributed by atoms with Crippen LogP contribution in [0.3, 0.4) is 0 Å². The number of hydrogen-bond acceptors (Lipinski definition) is 4. The first-order chi connectivity index (χ1) is 10.0. The van der Waals surface area contributed by atoms with E-state index in [0.29, 0.717) is 22.1 Å².